The number of halogens is 3. The first kappa shape index (κ1) is 21.7. The van der Waals surface area contributed by atoms with Gasteiger partial charge in [0.2, 0.25) is 0 Å². The van der Waals surface area contributed by atoms with Crippen LogP contribution in [0.1, 0.15) is 17.8 Å². The summed E-state index contributed by atoms with van der Waals surface area (Å²) < 4.78 is 2.01. The fourth-order valence-corrected chi connectivity index (χ4v) is 3.05. The van der Waals surface area contributed by atoms with Crippen molar-refractivity contribution in [3.8, 4) is 0 Å². The van der Waals surface area contributed by atoms with Crippen LogP contribution in [0.15, 0.2) is 47.6 Å². The van der Waals surface area contributed by atoms with E-state index >= 15 is 0 Å². The molecule has 9 heteroatoms. The summed E-state index contributed by atoms with van der Waals surface area (Å²) in [5.41, 5.74) is 1.83. The molecule has 0 aliphatic carbocycles. The first-order valence-corrected chi connectivity index (χ1v) is 9.10. The lowest BCUT2D eigenvalue weighted by atomic mass is 10.2. The van der Waals surface area contributed by atoms with Gasteiger partial charge in [0.05, 0.1) is 0 Å². The summed E-state index contributed by atoms with van der Waals surface area (Å²) in [6.07, 6.45) is 3.73. The van der Waals surface area contributed by atoms with Gasteiger partial charge < -0.3 is 10.6 Å². The van der Waals surface area contributed by atoms with E-state index < -0.39 is 0 Å². The Balaban J connectivity index is 0.00000261. The van der Waals surface area contributed by atoms with Crippen molar-refractivity contribution in [1.82, 2.24) is 25.2 Å². The Morgan fingerprint density at radius 1 is 1.15 bits per heavy atom. The molecule has 0 aliphatic rings. The molecular weight excluding hydrogens is 498 g/mol. The number of nitrogens with zero attached hydrogens (tertiary/aromatic N) is 4. The largest absolute Gasteiger partial charge is 0.356 e. The lowest BCUT2D eigenvalue weighted by Gasteiger charge is -2.12. The molecule has 3 rings (SSSR count). The molecule has 1 aromatic carbocycles. The van der Waals surface area contributed by atoms with Crippen LogP contribution in [0.2, 0.25) is 10.0 Å². The summed E-state index contributed by atoms with van der Waals surface area (Å²) in [4.78, 5) is 4.23. The SMILES string of the molecule is CN=C(NCCCc1nnc2ccccn12)NCc1ccc(Cl)cc1Cl.I. The standard InChI is InChI=1S/C18H20Cl2N6.HI/c1-21-18(23-12-13-7-8-14(19)11-15(13)20)22-9-4-6-17-25-24-16-5-2-3-10-26(16)17;/h2-3,5,7-8,10-11H,4,6,9,12H2,1H3,(H2,21,22,23);1H. The van der Waals surface area contributed by atoms with Crippen LogP contribution in [0, 0.1) is 0 Å². The Morgan fingerprint density at radius 3 is 2.78 bits per heavy atom. The zero-order valence-electron chi connectivity index (χ0n) is 14.8. The van der Waals surface area contributed by atoms with Gasteiger partial charge >= 0.3 is 0 Å². The number of pyridine rings is 1. The van der Waals surface area contributed by atoms with E-state index in [4.69, 9.17) is 23.2 Å². The highest BCUT2D eigenvalue weighted by Gasteiger charge is 2.05. The van der Waals surface area contributed by atoms with Gasteiger partial charge in [0.15, 0.2) is 11.6 Å². The zero-order chi connectivity index (χ0) is 18.4. The predicted molar refractivity (Wildman–Crippen MR) is 121 cm³/mol. The van der Waals surface area contributed by atoms with E-state index in [1.165, 1.54) is 0 Å². The van der Waals surface area contributed by atoms with Crippen LogP contribution in [0.5, 0.6) is 0 Å². The maximum absolute atomic E-state index is 6.19. The van der Waals surface area contributed by atoms with Crippen LogP contribution in [0.3, 0.4) is 0 Å². The second kappa shape index (κ2) is 10.7. The Labute approximate surface area is 185 Å². The smallest absolute Gasteiger partial charge is 0.191 e. The predicted octanol–water partition coefficient (Wildman–Crippen LogP) is 3.95. The maximum atomic E-state index is 6.19. The number of hydrogen-bond donors (Lipinski definition) is 2. The maximum Gasteiger partial charge on any atom is 0.191 e. The number of guanidine groups is 1. The molecule has 0 atom stereocenters. The van der Waals surface area contributed by atoms with Gasteiger partial charge in [0, 0.05) is 42.8 Å². The molecule has 0 aliphatic heterocycles. The molecule has 27 heavy (non-hydrogen) atoms. The molecule has 144 valence electrons. The second-order valence-corrected chi connectivity index (χ2v) is 6.58. The van der Waals surface area contributed by atoms with Crippen LogP contribution in [0.4, 0.5) is 0 Å². The fourth-order valence-electron chi connectivity index (χ4n) is 2.58. The minimum atomic E-state index is 0. The Bertz CT molecular complexity index is 912. The molecule has 0 saturated carbocycles. The van der Waals surface area contributed by atoms with E-state index in [2.05, 4.69) is 25.8 Å². The summed E-state index contributed by atoms with van der Waals surface area (Å²) >= 11 is 12.1. The molecule has 0 spiro atoms. The molecule has 0 radical (unpaired) electrons. The molecule has 0 fully saturated rings. The number of aromatic nitrogens is 3. The molecule has 0 amide bonds. The third-order valence-corrected chi connectivity index (χ3v) is 4.53. The van der Waals surface area contributed by atoms with Gasteiger partial charge in [-0.1, -0.05) is 35.3 Å². The number of aliphatic imine (C=N–C) groups is 1. The number of rotatable bonds is 6. The van der Waals surface area contributed by atoms with Crippen molar-refractivity contribution < 1.29 is 0 Å². The Hall–Kier alpha value is -1.58. The molecule has 0 unspecified atom stereocenters. The highest BCUT2D eigenvalue weighted by Crippen LogP contribution is 2.20. The minimum absolute atomic E-state index is 0. The van der Waals surface area contributed by atoms with Gasteiger partial charge in [-0.05, 0) is 36.2 Å². The summed E-state index contributed by atoms with van der Waals surface area (Å²) in [5, 5.41) is 16.2. The fraction of sp³-hybridized carbons (Fsp3) is 0.278. The number of benzene rings is 1. The van der Waals surface area contributed by atoms with Gasteiger partial charge in [0.1, 0.15) is 5.82 Å². The third-order valence-electron chi connectivity index (χ3n) is 3.94. The average molecular weight is 519 g/mol. The van der Waals surface area contributed by atoms with Crippen molar-refractivity contribution in [2.24, 2.45) is 4.99 Å². The van der Waals surface area contributed by atoms with E-state index in [9.17, 15) is 0 Å². The third kappa shape index (κ3) is 5.95. The molecule has 0 bridgehead atoms. The number of aryl methyl sites for hydroxylation is 1. The molecular formula is C18H21Cl2IN6. The first-order valence-electron chi connectivity index (χ1n) is 8.34. The first-order chi connectivity index (χ1) is 12.7. The van der Waals surface area contributed by atoms with Crippen LogP contribution in [-0.4, -0.2) is 34.2 Å². The Kier molecular flexibility index (Phi) is 8.59. The van der Waals surface area contributed by atoms with Gasteiger partial charge in [-0.15, -0.1) is 34.2 Å². The van der Waals surface area contributed by atoms with Crippen molar-refractivity contribution in [2.75, 3.05) is 13.6 Å². The average Bonchev–Trinajstić information content (AvgIpc) is 3.05. The van der Waals surface area contributed by atoms with Crippen LogP contribution in [-0.2, 0) is 13.0 Å². The Morgan fingerprint density at radius 2 is 2.00 bits per heavy atom. The molecule has 2 aromatic heterocycles. The molecule has 3 aromatic rings. The number of nitrogens with one attached hydrogen (secondary N) is 2. The summed E-state index contributed by atoms with van der Waals surface area (Å²) in [5.74, 6) is 1.68. The summed E-state index contributed by atoms with van der Waals surface area (Å²) in [7, 11) is 1.74. The van der Waals surface area contributed by atoms with Gasteiger partial charge in [0.25, 0.3) is 0 Å². The quantitative estimate of drug-likeness (QED) is 0.224. The van der Waals surface area contributed by atoms with E-state index in [-0.39, 0.29) is 24.0 Å². The molecule has 2 heterocycles. The number of hydrogen-bond acceptors (Lipinski definition) is 3. The topological polar surface area (TPSA) is 66.6 Å². The minimum Gasteiger partial charge on any atom is -0.356 e. The second-order valence-electron chi connectivity index (χ2n) is 5.74. The highest BCUT2D eigenvalue weighted by molar-refractivity contribution is 14.0. The van der Waals surface area contributed by atoms with E-state index in [0.29, 0.717) is 16.6 Å². The van der Waals surface area contributed by atoms with Crippen LogP contribution >= 0.6 is 47.2 Å². The monoisotopic (exact) mass is 518 g/mol. The van der Waals surface area contributed by atoms with Crippen molar-refractivity contribution in [3.63, 3.8) is 0 Å². The van der Waals surface area contributed by atoms with Gasteiger partial charge in [-0.25, -0.2) is 0 Å². The van der Waals surface area contributed by atoms with Crippen molar-refractivity contribution in [3.05, 3.63) is 64.0 Å². The highest BCUT2D eigenvalue weighted by atomic mass is 127. The van der Waals surface area contributed by atoms with E-state index in [0.717, 1.165) is 42.4 Å². The van der Waals surface area contributed by atoms with E-state index in [1.54, 1.807) is 13.1 Å². The summed E-state index contributed by atoms with van der Waals surface area (Å²) in [6.45, 7) is 1.35. The lowest BCUT2D eigenvalue weighted by molar-refractivity contribution is 0.714. The zero-order valence-corrected chi connectivity index (χ0v) is 18.7. The van der Waals surface area contributed by atoms with E-state index in [1.807, 2.05) is 40.9 Å². The van der Waals surface area contributed by atoms with Crippen molar-refractivity contribution in [2.45, 2.75) is 19.4 Å². The van der Waals surface area contributed by atoms with Crippen LogP contribution < -0.4 is 10.6 Å². The van der Waals surface area contributed by atoms with Gasteiger partial charge in [-0.3, -0.25) is 9.39 Å². The van der Waals surface area contributed by atoms with Crippen molar-refractivity contribution in [1.29, 1.82) is 0 Å². The summed E-state index contributed by atoms with van der Waals surface area (Å²) in [6, 6.07) is 11.3. The van der Waals surface area contributed by atoms with Crippen LogP contribution in [0.25, 0.3) is 5.65 Å². The molecule has 0 saturated heterocycles. The number of fused-ring (bicyclic) bond motifs is 1. The lowest BCUT2D eigenvalue weighted by Crippen LogP contribution is -2.37. The molecule has 2 N–H and O–H groups in total. The van der Waals surface area contributed by atoms with Crippen molar-refractivity contribution >= 4 is 58.8 Å². The molecule has 6 nitrogen and oxygen atoms in total. The normalized spacial score (nSPS) is 11.3. The van der Waals surface area contributed by atoms with Gasteiger partial charge in [-0.2, -0.15) is 0 Å².